The molecule has 0 aliphatic carbocycles. The molecule has 0 aliphatic rings. The van der Waals surface area contributed by atoms with Crippen molar-refractivity contribution in [2.24, 2.45) is 12.0 Å². The van der Waals surface area contributed by atoms with Gasteiger partial charge in [-0.25, -0.2) is 4.39 Å². The monoisotopic (exact) mass is 399 g/mol. The van der Waals surface area contributed by atoms with E-state index in [9.17, 15) is 17.6 Å². The molecule has 9 heteroatoms. The number of hydrogen-bond donors (Lipinski definition) is 2. The molecule has 0 amide bonds. The average molecular weight is 399 g/mol. The number of halogens is 4. The zero-order chi connectivity index (χ0) is 20.9. The highest BCUT2D eigenvalue weighted by Gasteiger charge is 2.33. The lowest BCUT2D eigenvalue weighted by Crippen LogP contribution is -2.37. The molecule has 0 saturated heterocycles. The molecule has 0 saturated carbocycles. The molecule has 2 aromatic rings. The van der Waals surface area contributed by atoms with Crippen LogP contribution in [0, 0.1) is 5.82 Å². The van der Waals surface area contributed by atoms with Crippen molar-refractivity contribution >= 4 is 5.96 Å². The fourth-order valence-corrected chi connectivity index (χ4v) is 3.13. The summed E-state index contributed by atoms with van der Waals surface area (Å²) >= 11 is 0. The SMILES string of the molecule is CCc1nn(C)c(CC)c1CNC(=NC)NCc1ccc(F)cc1C(F)(F)F. The van der Waals surface area contributed by atoms with Crippen LogP contribution in [0.4, 0.5) is 17.6 Å². The van der Waals surface area contributed by atoms with Gasteiger partial charge in [0, 0.05) is 38.4 Å². The topological polar surface area (TPSA) is 54.2 Å². The van der Waals surface area contributed by atoms with Gasteiger partial charge in [0.05, 0.1) is 11.3 Å². The number of rotatable bonds is 6. The third-order valence-electron chi connectivity index (χ3n) is 4.51. The maximum atomic E-state index is 13.2. The Labute approximate surface area is 161 Å². The van der Waals surface area contributed by atoms with Gasteiger partial charge in [-0.3, -0.25) is 9.67 Å². The van der Waals surface area contributed by atoms with Gasteiger partial charge in [-0.15, -0.1) is 0 Å². The summed E-state index contributed by atoms with van der Waals surface area (Å²) in [6.07, 6.45) is -3.03. The van der Waals surface area contributed by atoms with Gasteiger partial charge in [0.2, 0.25) is 0 Å². The third-order valence-corrected chi connectivity index (χ3v) is 4.51. The van der Waals surface area contributed by atoms with Crippen LogP contribution in [0.25, 0.3) is 0 Å². The van der Waals surface area contributed by atoms with Gasteiger partial charge in [-0.1, -0.05) is 19.9 Å². The molecule has 0 unspecified atom stereocenters. The molecule has 0 atom stereocenters. The number of benzene rings is 1. The summed E-state index contributed by atoms with van der Waals surface area (Å²) in [5.41, 5.74) is 2.08. The third kappa shape index (κ3) is 5.02. The lowest BCUT2D eigenvalue weighted by molar-refractivity contribution is -0.138. The van der Waals surface area contributed by atoms with Gasteiger partial charge in [0.25, 0.3) is 0 Å². The molecule has 0 aliphatic heterocycles. The first-order valence-corrected chi connectivity index (χ1v) is 9.04. The molecule has 0 spiro atoms. The van der Waals surface area contributed by atoms with Crippen LogP contribution in [0.1, 0.15) is 41.9 Å². The van der Waals surface area contributed by atoms with Crippen molar-refractivity contribution in [3.8, 4) is 0 Å². The Hall–Kier alpha value is -2.58. The van der Waals surface area contributed by atoms with Gasteiger partial charge in [-0.05, 0) is 30.5 Å². The molecule has 2 N–H and O–H groups in total. The number of aryl methyl sites for hydroxylation is 2. The van der Waals surface area contributed by atoms with Crippen molar-refractivity contribution in [1.82, 2.24) is 20.4 Å². The Kier molecular flexibility index (Phi) is 7.04. The number of guanidine groups is 1. The number of nitrogens with zero attached hydrogens (tertiary/aromatic N) is 3. The van der Waals surface area contributed by atoms with E-state index in [0.717, 1.165) is 41.9 Å². The molecule has 1 heterocycles. The van der Waals surface area contributed by atoms with Crippen LogP contribution in [0.3, 0.4) is 0 Å². The molecule has 0 fully saturated rings. The van der Waals surface area contributed by atoms with Crippen molar-refractivity contribution in [3.05, 3.63) is 52.1 Å². The quantitative estimate of drug-likeness (QED) is 0.444. The Balaban J connectivity index is 2.10. The Bertz CT molecular complexity index is 840. The molecule has 5 nitrogen and oxygen atoms in total. The maximum Gasteiger partial charge on any atom is 0.416 e. The maximum absolute atomic E-state index is 13.2. The highest BCUT2D eigenvalue weighted by molar-refractivity contribution is 5.79. The van der Waals surface area contributed by atoms with Crippen LogP contribution in [-0.4, -0.2) is 22.8 Å². The first-order valence-electron chi connectivity index (χ1n) is 9.04. The Morgan fingerprint density at radius 3 is 2.39 bits per heavy atom. The minimum absolute atomic E-state index is 0.0540. The summed E-state index contributed by atoms with van der Waals surface area (Å²) < 4.78 is 54.4. The molecular weight excluding hydrogens is 374 g/mol. The Morgan fingerprint density at radius 1 is 1.14 bits per heavy atom. The summed E-state index contributed by atoms with van der Waals surface area (Å²) in [4.78, 5) is 4.06. The lowest BCUT2D eigenvalue weighted by Gasteiger charge is -2.16. The average Bonchev–Trinajstić information content (AvgIpc) is 2.96. The van der Waals surface area contributed by atoms with Crippen molar-refractivity contribution in [2.45, 2.75) is 46.0 Å². The minimum Gasteiger partial charge on any atom is -0.352 e. The number of nitrogens with one attached hydrogen (secondary N) is 2. The first-order chi connectivity index (χ1) is 13.2. The number of aromatic nitrogens is 2. The number of alkyl halides is 3. The number of aliphatic imine (C=N–C) groups is 1. The Morgan fingerprint density at radius 2 is 1.82 bits per heavy atom. The summed E-state index contributed by atoms with van der Waals surface area (Å²) in [6.45, 7) is 4.38. The number of hydrogen-bond acceptors (Lipinski definition) is 2. The predicted molar refractivity (Wildman–Crippen MR) is 100 cm³/mol. The largest absolute Gasteiger partial charge is 0.416 e. The van der Waals surface area contributed by atoms with Gasteiger partial charge in [0.1, 0.15) is 5.82 Å². The van der Waals surface area contributed by atoms with E-state index in [1.807, 2.05) is 25.6 Å². The van der Waals surface area contributed by atoms with E-state index in [1.54, 1.807) is 0 Å². The lowest BCUT2D eigenvalue weighted by atomic mass is 10.1. The summed E-state index contributed by atoms with van der Waals surface area (Å²) in [5, 5.41) is 10.5. The standard InChI is InChI=1S/C19H25F4N5/c1-5-16-14(17(6-2)28(4)27-16)11-26-18(24-3)25-10-12-7-8-13(20)9-15(12)19(21,22)23/h7-9H,5-6,10-11H2,1-4H3,(H2,24,25,26). The van der Waals surface area contributed by atoms with Crippen molar-refractivity contribution in [1.29, 1.82) is 0 Å². The van der Waals surface area contributed by atoms with Crippen molar-refractivity contribution in [3.63, 3.8) is 0 Å². The zero-order valence-electron chi connectivity index (χ0n) is 16.4. The van der Waals surface area contributed by atoms with Crippen LogP contribution >= 0.6 is 0 Å². The van der Waals surface area contributed by atoms with E-state index in [2.05, 4.69) is 20.7 Å². The molecular formula is C19H25F4N5. The van der Waals surface area contributed by atoms with Crippen LogP contribution in [0.15, 0.2) is 23.2 Å². The highest BCUT2D eigenvalue weighted by Crippen LogP contribution is 2.32. The van der Waals surface area contributed by atoms with Crippen LogP contribution in [0.5, 0.6) is 0 Å². The van der Waals surface area contributed by atoms with E-state index >= 15 is 0 Å². The smallest absolute Gasteiger partial charge is 0.352 e. The zero-order valence-corrected chi connectivity index (χ0v) is 16.4. The van der Waals surface area contributed by atoms with Crippen LogP contribution in [0.2, 0.25) is 0 Å². The van der Waals surface area contributed by atoms with Gasteiger partial charge < -0.3 is 10.6 Å². The van der Waals surface area contributed by atoms with E-state index in [0.29, 0.717) is 18.6 Å². The van der Waals surface area contributed by atoms with Crippen molar-refractivity contribution < 1.29 is 17.6 Å². The second kappa shape index (κ2) is 9.07. The molecule has 1 aromatic heterocycles. The first kappa shape index (κ1) is 21.7. The molecule has 2 rings (SSSR count). The van der Waals surface area contributed by atoms with E-state index in [4.69, 9.17) is 0 Å². The normalized spacial score (nSPS) is 12.4. The summed E-state index contributed by atoms with van der Waals surface area (Å²) in [5.74, 6) is -0.570. The predicted octanol–water partition coefficient (Wildman–Crippen LogP) is 3.57. The fourth-order valence-electron chi connectivity index (χ4n) is 3.13. The van der Waals surface area contributed by atoms with Crippen molar-refractivity contribution in [2.75, 3.05) is 7.05 Å². The second-order valence-corrected chi connectivity index (χ2v) is 6.28. The van der Waals surface area contributed by atoms with E-state index in [-0.39, 0.29) is 12.1 Å². The molecule has 1 aromatic carbocycles. The van der Waals surface area contributed by atoms with Gasteiger partial charge in [0.15, 0.2) is 5.96 Å². The van der Waals surface area contributed by atoms with Crippen LogP contribution < -0.4 is 10.6 Å². The summed E-state index contributed by atoms with van der Waals surface area (Å²) in [7, 11) is 3.43. The highest BCUT2D eigenvalue weighted by atomic mass is 19.4. The molecule has 0 radical (unpaired) electrons. The fraction of sp³-hybridized carbons (Fsp3) is 0.474. The molecule has 0 bridgehead atoms. The van der Waals surface area contributed by atoms with Gasteiger partial charge >= 0.3 is 6.18 Å². The summed E-state index contributed by atoms with van der Waals surface area (Å²) in [6, 6.07) is 2.65. The van der Waals surface area contributed by atoms with Crippen LogP contribution in [-0.2, 0) is 39.2 Å². The van der Waals surface area contributed by atoms with E-state index < -0.39 is 17.6 Å². The second-order valence-electron chi connectivity index (χ2n) is 6.28. The van der Waals surface area contributed by atoms with E-state index in [1.165, 1.54) is 7.05 Å². The van der Waals surface area contributed by atoms with Gasteiger partial charge in [-0.2, -0.15) is 18.3 Å². The molecule has 154 valence electrons. The minimum atomic E-state index is -4.63. The molecule has 28 heavy (non-hydrogen) atoms.